The lowest BCUT2D eigenvalue weighted by molar-refractivity contribution is -0.140. The van der Waals surface area contributed by atoms with Crippen LogP contribution in [0.3, 0.4) is 0 Å². The molecule has 1 aliphatic heterocycles. The molecule has 1 aliphatic carbocycles. The largest absolute Gasteiger partial charge is 0.464 e. The molecule has 4 nitrogen and oxygen atoms in total. The second kappa shape index (κ2) is 4.93. The maximum absolute atomic E-state index is 12.6. The molecule has 1 saturated carbocycles. The van der Waals surface area contributed by atoms with Crippen LogP contribution in [0.4, 0.5) is 5.69 Å². The third-order valence-electron chi connectivity index (χ3n) is 4.15. The van der Waals surface area contributed by atoms with E-state index in [9.17, 15) is 9.59 Å². The van der Waals surface area contributed by atoms with E-state index >= 15 is 0 Å². The molecule has 0 aromatic heterocycles. The normalized spacial score (nSPS) is 21.7. The van der Waals surface area contributed by atoms with Gasteiger partial charge in [-0.3, -0.25) is 9.69 Å². The Morgan fingerprint density at radius 3 is 2.50 bits per heavy atom. The van der Waals surface area contributed by atoms with Crippen LogP contribution in [0.5, 0.6) is 0 Å². The Morgan fingerprint density at radius 2 is 1.95 bits per heavy atom. The molecule has 1 heterocycles. The van der Waals surface area contributed by atoms with E-state index < -0.39 is 6.04 Å². The first-order valence-corrected chi connectivity index (χ1v) is 7.15. The summed E-state index contributed by atoms with van der Waals surface area (Å²) in [5.74, 6) is -0.126. The molecule has 1 aromatic rings. The first-order valence-electron chi connectivity index (χ1n) is 7.15. The molecular weight excluding hydrogens is 254 g/mol. The molecule has 0 radical (unpaired) electrons. The van der Waals surface area contributed by atoms with Gasteiger partial charge in [-0.15, -0.1) is 0 Å². The summed E-state index contributed by atoms with van der Waals surface area (Å²) in [7, 11) is 0. The van der Waals surface area contributed by atoms with E-state index in [2.05, 4.69) is 0 Å². The summed E-state index contributed by atoms with van der Waals surface area (Å²) in [6, 6.07) is 5.46. The number of rotatable bonds is 3. The number of nitrogens with zero attached hydrogens (tertiary/aromatic N) is 1. The number of esters is 1. The lowest BCUT2D eigenvalue weighted by Gasteiger charge is -2.27. The maximum Gasteiger partial charge on any atom is 0.329 e. The standard InChI is InChI=1S/C16H19NO3/c1-10-3-6-13(9-11(10)2)17(15(18)12-4-5-12)14-7-8-20-16(14)19/h3,6,9,12,14H,4-5,7-8H2,1-2H3. The van der Waals surface area contributed by atoms with Crippen LogP contribution in [0.25, 0.3) is 0 Å². The molecule has 1 aromatic carbocycles. The van der Waals surface area contributed by atoms with Gasteiger partial charge in [0.2, 0.25) is 5.91 Å². The zero-order valence-corrected chi connectivity index (χ0v) is 11.9. The molecule has 1 saturated heterocycles. The maximum atomic E-state index is 12.6. The lowest BCUT2D eigenvalue weighted by Crippen LogP contribution is -2.44. The second-order valence-electron chi connectivity index (χ2n) is 5.72. The topological polar surface area (TPSA) is 46.6 Å². The number of cyclic esters (lactones) is 1. The van der Waals surface area contributed by atoms with Crippen LogP contribution in [-0.2, 0) is 14.3 Å². The number of ether oxygens (including phenoxy) is 1. The van der Waals surface area contributed by atoms with Crippen molar-refractivity contribution in [2.24, 2.45) is 5.92 Å². The van der Waals surface area contributed by atoms with Crippen LogP contribution in [0.1, 0.15) is 30.4 Å². The Labute approximate surface area is 118 Å². The Bertz CT molecular complexity index is 563. The van der Waals surface area contributed by atoms with Gasteiger partial charge < -0.3 is 4.74 Å². The number of aryl methyl sites for hydroxylation is 2. The Hall–Kier alpha value is -1.84. The van der Waals surface area contributed by atoms with Gasteiger partial charge in [-0.1, -0.05) is 6.07 Å². The van der Waals surface area contributed by atoms with E-state index in [1.54, 1.807) is 4.90 Å². The Morgan fingerprint density at radius 1 is 1.20 bits per heavy atom. The van der Waals surface area contributed by atoms with Gasteiger partial charge in [-0.2, -0.15) is 0 Å². The van der Waals surface area contributed by atoms with E-state index in [-0.39, 0.29) is 17.8 Å². The van der Waals surface area contributed by atoms with Crippen molar-refractivity contribution >= 4 is 17.6 Å². The summed E-state index contributed by atoms with van der Waals surface area (Å²) in [6.07, 6.45) is 2.45. The van der Waals surface area contributed by atoms with Gasteiger partial charge in [-0.25, -0.2) is 4.79 Å². The van der Waals surface area contributed by atoms with Crippen molar-refractivity contribution in [2.75, 3.05) is 11.5 Å². The predicted molar refractivity (Wildman–Crippen MR) is 75.5 cm³/mol. The summed E-state index contributed by atoms with van der Waals surface area (Å²) in [5.41, 5.74) is 3.12. The molecule has 0 bridgehead atoms. The zero-order valence-electron chi connectivity index (χ0n) is 11.9. The van der Waals surface area contributed by atoms with Gasteiger partial charge in [0, 0.05) is 18.0 Å². The van der Waals surface area contributed by atoms with Crippen LogP contribution in [0.2, 0.25) is 0 Å². The number of carbonyl (C=O) groups excluding carboxylic acids is 2. The summed E-state index contributed by atoms with van der Waals surface area (Å²) in [4.78, 5) is 26.1. The first kappa shape index (κ1) is 13.2. The van der Waals surface area contributed by atoms with Crippen LogP contribution >= 0.6 is 0 Å². The number of carbonyl (C=O) groups is 2. The third kappa shape index (κ3) is 2.30. The van der Waals surface area contributed by atoms with Gasteiger partial charge in [0.1, 0.15) is 6.04 Å². The Kier molecular flexibility index (Phi) is 3.24. The fourth-order valence-electron chi connectivity index (χ4n) is 2.58. The number of hydrogen-bond acceptors (Lipinski definition) is 3. The molecule has 106 valence electrons. The minimum Gasteiger partial charge on any atom is -0.464 e. The highest BCUT2D eigenvalue weighted by Gasteiger charge is 2.42. The van der Waals surface area contributed by atoms with E-state index in [4.69, 9.17) is 4.74 Å². The van der Waals surface area contributed by atoms with Crippen molar-refractivity contribution in [3.63, 3.8) is 0 Å². The van der Waals surface area contributed by atoms with Crippen molar-refractivity contribution < 1.29 is 14.3 Å². The van der Waals surface area contributed by atoms with Crippen molar-refractivity contribution in [3.05, 3.63) is 29.3 Å². The van der Waals surface area contributed by atoms with Crippen LogP contribution < -0.4 is 4.90 Å². The molecule has 1 amide bonds. The summed E-state index contributed by atoms with van der Waals surface area (Å²) in [5, 5.41) is 0. The quantitative estimate of drug-likeness (QED) is 0.794. The molecule has 3 rings (SSSR count). The SMILES string of the molecule is Cc1ccc(N(C(=O)C2CC2)C2CCOC2=O)cc1C. The Balaban J connectivity index is 1.97. The summed E-state index contributed by atoms with van der Waals surface area (Å²) in [6.45, 7) is 4.46. The van der Waals surface area contributed by atoms with Gasteiger partial charge in [0.25, 0.3) is 0 Å². The van der Waals surface area contributed by atoms with Crippen molar-refractivity contribution in [1.82, 2.24) is 0 Å². The fraction of sp³-hybridized carbons (Fsp3) is 0.500. The van der Waals surface area contributed by atoms with Crippen LogP contribution in [0, 0.1) is 19.8 Å². The van der Waals surface area contributed by atoms with E-state index in [0.717, 1.165) is 24.1 Å². The summed E-state index contributed by atoms with van der Waals surface area (Å²) < 4.78 is 5.04. The molecule has 0 N–H and O–H groups in total. The predicted octanol–water partition coefficient (Wildman–Crippen LogP) is 2.36. The molecule has 2 fully saturated rings. The number of benzene rings is 1. The smallest absolute Gasteiger partial charge is 0.329 e. The average molecular weight is 273 g/mol. The number of amides is 1. The molecular formula is C16H19NO3. The number of anilines is 1. The van der Waals surface area contributed by atoms with Crippen LogP contribution in [-0.4, -0.2) is 24.5 Å². The molecule has 2 aliphatic rings. The first-order chi connectivity index (χ1) is 9.58. The average Bonchev–Trinajstić information content (AvgIpc) is 3.19. The highest BCUT2D eigenvalue weighted by Crippen LogP contribution is 2.35. The highest BCUT2D eigenvalue weighted by molar-refractivity contribution is 6.02. The summed E-state index contributed by atoms with van der Waals surface area (Å²) >= 11 is 0. The van der Waals surface area contributed by atoms with E-state index in [0.29, 0.717) is 13.0 Å². The minimum atomic E-state index is -0.454. The van der Waals surface area contributed by atoms with Crippen molar-refractivity contribution in [1.29, 1.82) is 0 Å². The van der Waals surface area contributed by atoms with E-state index in [1.165, 1.54) is 5.56 Å². The number of hydrogen-bond donors (Lipinski definition) is 0. The van der Waals surface area contributed by atoms with Crippen LogP contribution in [0.15, 0.2) is 18.2 Å². The second-order valence-corrected chi connectivity index (χ2v) is 5.72. The highest BCUT2D eigenvalue weighted by atomic mass is 16.5. The molecule has 1 unspecified atom stereocenters. The van der Waals surface area contributed by atoms with Gasteiger partial charge in [0.15, 0.2) is 0 Å². The van der Waals surface area contributed by atoms with Crippen molar-refractivity contribution in [2.45, 2.75) is 39.2 Å². The molecule has 1 atom stereocenters. The third-order valence-corrected chi connectivity index (χ3v) is 4.15. The molecule has 0 spiro atoms. The molecule has 4 heteroatoms. The monoisotopic (exact) mass is 273 g/mol. The lowest BCUT2D eigenvalue weighted by atomic mass is 10.1. The van der Waals surface area contributed by atoms with Gasteiger partial charge in [0.05, 0.1) is 6.61 Å². The van der Waals surface area contributed by atoms with Gasteiger partial charge >= 0.3 is 5.97 Å². The minimum absolute atomic E-state index is 0.0668. The zero-order chi connectivity index (χ0) is 14.3. The van der Waals surface area contributed by atoms with Gasteiger partial charge in [-0.05, 0) is 49.9 Å². The van der Waals surface area contributed by atoms with E-state index in [1.807, 2.05) is 32.0 Å². The fourth-order valence-corrected chi connectivity index (χ4v) is 2.58. The molecule has 20 heavy (non-hydrogen) atoms. The van der Waals surface area contributed by atoms with Crippen molar-refractivity contribution in [3.8, 4) is 0 Å².